The molecule has 1 aromatic rings. The smallest absolute Gasteiger partial charge is 0.0945 e. The minimum absolute atomic E-state index is 0.746. The second-order valence-electron chi connectivity index (χ2n) is 5.71. The molecule has 4 nitrogen and oxygen atoms in total. The summed E-state index contributed by atoms with van der Waals surface area (Å²) in [6, 6.07) is 0.746. The zero-order chi connectivity index (χ0) is 13.0. The summed E-state index contributed by atoms with van der Waals surface area (Å²) in [5, 5.41) is 0. The van der Waals surface area contributed by atoms with E-state index in [0.717, 1.165) is 12.6 Å². The summed E-state index contributed by atoms with van der Waals surface area (Å²) >= 11 is 0. The van der Waals surface area contributed by atoms with Crippen LogP contribution in [0, 0.1) is 0 Å². The molecule has 0 amide bonds. The Hall–Kier alpha value is -0.870. The Kier molecular flexibility index (Phi) is 4.78. The summed E-state index contributed by atoms with van der Waals surface area (Å²) in [7, 11) is 6.41. The van der Waals surface area contributed by atoms with Crippen molar-refractivity contribution in [3.05, 3.63) is 18.2 Å². The third-order valence-corrected chi connectivity index (χ3v) is 3.94. The van der Waals surface area contributed by atoms with Crippen LogP contribution in [-0.4, -0.2) is 52.6 Å². The maximum Gasteiger partial charge on any atom is 0.0945 e. The minimum atomic E-state index is 0.746. The Balaban J connectivity index is 1.93. The van der Waals surface area contributed by atoms with E-state index in [4.69, 9.17) is 0 Å². The van der Waals surface area contributed by atoms with Crippen molar-refractivity contribution in [1.82, 2.24) is 19.4 Å². The number of aryl methyl sites for hydroxylation is 1. The molecule has 102 valence electrons. The number of nitrogens with zero attached hydrogens (tertiary/aromatic N) is 4. The van der Waals surface area contributed by atoms with E-state index in [1.54, 1.807) is 0 Å². The minimum Gasteiger partial charge on any atom is -0.337 e. The van der Waals surface area contributed by atoms with Gasteiger partial charge < -0.3 is 9.47 Å². The van der Waals surface area contributed by atoms with Crippen molar-refractivity contribution < 1.29 is 0 Å². The molecule has 0 unspecified atom stereocenters. The van der Waals surface area contributed by atoms with Crippen LogP contribution in [0.4, 0.5) is 0 Å². The zero-order valence-electron chi connectivity index (χ0n) is 12.0. The summed E-state index contributed by atoms with van der Waals surface area (Å²) < 4.78 is 2.14. The lowest BCUT2D eigenvalue weighted by Gasteiger charge is -2.36. The molecule has 0 saturated carbocycles. The van der Waals surface area contributed by atoms with Gasteiger partial charge in [0.1, 0.15) is 0 Å². The number of imidazole rings is 1. The Morgan fingerprint density at radius 1 is 1.39 bits per heavy atom. The van der Waals surface area contributed by atoms with Gasteiger partial charge in [-0.05, 0) is 46.4 Å². The first-order valence-corrected chi connectivity index (χ1v) is 7.01. The fraction of sp³-hybridized carbons (Fsp3) is 0.786. The van der Waals surface area contributed by atoms with Gasteiger partial charge in [-0.1, -0.05) is 6.42 Å². The summed E-state index contributed by atoms with van der Waals surface area (Å²) in [6.45, 7) is 3.48. The van der Waals surface area contributed by atoms with Crippen molar-refractivity contribution in [2.24, 2.45) is 7.05 Å². The molecular formula is C14H26N4. The standard InChI is InChI=1S/C14H26N4/c1-16(2)9-7-13-6-4-5-8-18(13)11-14-10-15-12-17(14)3/h10,12-13H,4-9,11H2,1-3H3/t13-/m0/s1. The molecule has 1 aromatic heterocycles. The second kappa shape index (κ2) is 6.34. The van der Waals surface area contributed by atoms with Crippen LogP contribution in [0.5, 0.6) is 0 Å². The van der Waals surface area contributed by atoms with E-state index in [1.807, 2.05) is 12.5 Å². The highest BCUT2D eigenvalue weighted by Crippen LogP contribution is 2.21. The number of rotatable bonds is 5. The molecule has 18 heavy (non-hydrogen) atoms. The monoisotopic (exact) mass is 250 g/mol. The summed E-state index contributed by atoms with van der Waals surface area (Å²) in [4.78, 5) is 9.15. The van der Waals surface area contributed by atoms with Gasteiger partial charge in [0, 0.05) is 25.8 Å². The third-order valence-electron chi connectivity index (χ3n) is 3.94. The molecule has 4 heteroatoms. The van der Waals surface area contributed by atoms with Gasteiger partial charge in [-0.3, -0.25) is 4.90 Å². The number of aromatic nitrogens is 2. The second-order valence-corrected chi connectivity index (χ2v) is 5.71. The Labute approximate surface area is 111 Å². The van der Waals surface area contributed by atoms with E-state index in [1.165, 1.54) is 44.5 Å². The van der Waals surface area contributed by atoms with Crippen LogP contribution in [0.15, 0.2) is 12.5 Å². The molecule has 1 atom stereocenters. The van der Waals surface area contributed by atoms with E-state index >= 15 is 0 Å². The molecule has 0 spiro atoms. The van der Waals surface area contributed by atoms with Crippen molar-refractivity contribution >= 4 is 0 Å². The van der Waals surface area contributed by atoms with Gasteiger partial charge in [0.05, 0.1) is 12.0 Å². The molecule has 0 bridgehead atoms. The molecule has 0 N–H and O–H groups in total. The fourth-order valence-electron chi connectivity index (χ4n) is 2.75. The topological polar surface area (TPSA) is 24.3 Å². The molecule has 1 saturated heterocycles. The first-order chi connectivity index (χ1) is 8.66. The van der Waals surface area contributed by atoms with E-state index < -0.39 is 0 Å². The van der Waals surface area contributed by atoms with Crippen molar-refractivity contribution in [3.8, 4) is 0 Å². The van der Waals surface area contributed by atoms with E-state index in [0.29, 0.717) is 0 Å². The Morgan fingerprint density at radius 3 is 2.89 bits per heavy atom. The lowest BCUT2D eigenvalue weighted by molar-refractivity contribution is 0.122. The third kappa shape index (κ3) is 3.56. The molecule has 2 rings (SSSR count). The first-order valence-electron chi connectivity index (χ1n) is 7.01. The quantitative estimate of drug-likeness (QED) is 0.795. The van der Waals surface area contributed by atoms with Crippen LogP contribution in [0.3, 0.4) is 0 Å². The lowest BCUT2D eigenvalue weighted by atomic mass is 9.99. The molecule has 1 aliphatic heterocycles. The highest BCUT2D eigenvalue weighted by Gasteiger charge is 2.22. The van der Waals surface area contributed by atoms with Gasteiger partial charge in [0.15, 0.2) is 0 Å². The van der Waals surface area contributed by atoms with Crippen LogP contribution in [0.1, 0.15) is 31.4 Å². The van der Waals surface area contributed by atoms with Gasteiger partial charge in [0.25, 0.3) is 0 Å². The Morgan fingerprint density at radius 2 is 2.22 bits per heavy atom. The molecule has 0 aliphatic carbocycles. The predicted molar refractivity (Wildman–Crippen MR) is 74.4 cm³/mol. The van der Waals surface area contributed by atoms with Gasteiger partial charge in [-0.25, -0.2) is 4.98 Å². The number of piperidine rings is 1. The van der Waals surface area contributed by atoms with Crippen LogP contribution in [-0.2, 0) is 13.6 Å². The van der Waals surface area contributed by atoms with E-state index in [2.05, 4.69) is 40.5 Å². The largest absolute Gasteiger partial charge is 0.337 e. The molecule has 0 radical (unpaired) electrons. The van der Waals surface area contributed by atoms with Crippen molar-refractivity contribution in [3.63, 3.8) is 0 Å². The predicted octanol–water partition coefficient (Wildman–Crippen LogP) is 1.73. The highest BCUT2D eigenvalue weighted by atomic mass is 15.2. The van der Waals surface area contributed by atoms with Crippen LogP contribution in [0.2, 0.25) is 0 Å². The summed E-state index contributed by atoms with van der Waals surface area (Å²) in [5.74, 6) is 0. The molecule has 0 aromatic carbocycles. The molecule has 1 aliphatic rings. The molecule has 2 heterocycles. The zero-order valence-corrected chi connectivity index (χ0v) is 12.0. The maximum atomic E-state index is 4.21. The summed E-state index contributed by atoms with van der Waals surface area (Å²) in [6.07, 6.45) is 9.26. The van der Waals surface area contributed by atoms with E-state index in [9.17, 15) is 0 Å². The van der Waals surface area contributed by atoms with E-state index in [-0.39, 0.29) is 0 Å². The SMILES string of the molecule is CN(C)CC[C@@H]1CCCCN1Cc1cncn1C. The number of hydrogen-bond donors (Lipinski definition) is 0. The average Bonchev–Trinajstić information content (AvgIpc) is 2.74. The molecule has 1 fully saturated rings. The van der Waals surface area contributed by atoms with Crippen LogP contribution in [0.25, 0.3) is 0 Å². The summed E-state index contributed by atoms with van der Waals surface area (Å²) in [5.41, 5.74) is 1.33. The van der Waals surface area contributed by atoms with Gasteiger partial charge >= 0.3 is 0 Å². The van der Waals surface area contributed by atoms with Crippen molar-refractivity contribution in [2.45, 2.75) is 38.3 Å². The molecular weight excluding hydrogens is 224 g/mol. The van der Waals surface area contributed by atoms with Crippen molar-refractivity contribution in [2.75, 3.05) is 27.2 Å². The number of likely N-dealkylation sites (tertiary alicyclic amines) is 1. The van der Waals surface area contributed by atoms with Crippen LogP contribution >= 0.6 is 0 Å². The van der Waals surface area contributed by atoms with Crippen LogP contribution < -0.4 is 0 Å². The Bertz CT molecular complexity index is 358. The maximum absolute atomic E-state index is 4.21. The highest BCUT2D eigenvalue weighted by molar-refractivity contribution is 4.98. The van der Waals surface area contributed by atoms with Crippen molar-refractivity contribution in [1.29, 1.82) is 0 Å². The normalized spacial score (nSPS) is 21.7. The lowest BCUT2D eigenvalue weighted by Crippen LogP contribution is -2.40. The van der Waals surface area contributed by atoms with Gasteiger partial charge in [-0.2, -0.15) is 0 Å². The van der Waals surface area contributed by atoms with Gasteiger partial charge in [-0.15, -0.1) is 0 Å². The van der Waals surface area contributed by atoms with Gasteiger partial charge in [0.2, 0.25) is 0 Å². The first kappa shape index (κ1) is 13.6. The fourth-order valence-corrected chi connectivity index (χ4v) is 2.75. The number of hydrogen-bond acceptors (Lipinski definition) is 3. The average molecular weight is 250 g/mol.